The number of unbranched alkanes of at least 4 members (excludes halogenated alkanes) is 54. The third kappa shape index (κ3) is 53.4. The first-order chi connectivity index (χ1) is 53.4. The molecule has 18 heteroatoms. The zero-order valence-electron chi connectivity index (χ0n) is 69.5. The van der Waals surface area contributed by atoms with Gasteiger partial charge in [0.05, 0.1) is 39.6 Å². The lowest BCUT2D eigenvalue weighted by atomic mass is 10.1. The van der Waals surface area contributed by atoms with Gasteiger partial charge in [-0.2, -0.15) is 44.9 Å². The minimum Gasteiger partial charge on any atom is -0.463 e. The van der Waals surface area contributed by atoms with E-state index in [4.69, 9.17) is 43.4 Å². The molecule has 0 atom stereocenters. The molecule has 0 bridgehead atoms. The monoisotopic (exact) mass is 1500 g/mol. The van der Waals surface area contributed by atoms with Crippen molar-refractivity contribution in [3.8, 4) is 71.6 Å². The van der Waals surface area contributed by atoms with E-state index in [0.29, 0.717) is 39.6 Å². The van der Waals surface area contributed by atoms with Gasteiger partial charge >= 0.3 is 36.1 Å². The van der Waals surface area contributed by atoms with E-state index >= 15 is 0 Å². The summed E-state index contributed by atoms with van der Waals surface area (Å²) in [7, 11) is 0. The van der Waals surface area contributed by atoms with Crippen molar-refractivity contribution in [1.29, 1.82) is 0 Å². The largest absolute Gasteiger partial charge is 0.463 e. The van der Waals surface area contributed by atoms with Gasteiger partial charge in [0.1, 0.15) is 0 Å². The van der Waals surface area contributed by atoms with Crippen molar-refractivity contribution in [2.24, 2.45) is 0 Å². The molecule has 0 saturated heterocycles. The third-order valence-electron chi connectivity index (χ3n) is 19.7. The third-order valence-corrected chi connectivity index (χ3v) is 19.7. The first-order valence-corrected chi connectivity index (χ1v) is 44.8. The summed E-state index contributed by atoms with van der Waals surface area (Å²) >= 11 is 0. The first kappa shape index (κ1) is 93.9. The Morgan fingerprint density at radius 3 is 0.380 bits per heavy atom. The van der Waals surface area contributed by atoms with Gasteiger partial charge < -0.3 is 28.4 Å². The predicted molar refractivity (Wildman–Crippen MR) is 441 cm³/mol. The van der Waals surface area contributed by atoms with Crippen LogP contribution in [-0.2, 0) is 0 Å². The van der Waals surface area contributed by atoms with Crippen LogP contribution >= 0.6 is 0 Å². The molecule has 4 heterocycles. The highest BCUT2D eigenvalue weighted by molar-refractivity contribution is 5.38. The lowest BCUT2D eigenvalue weighted by molar-refractivity contribution is 0.251. The van der Waals surface area contributed by atoms with Gasteiger partial charge in [0.2, 0.25) is 34.9 Å². The normalized spacial score (nSPS) is 11.1. The van der Waals surface area contributed by atoms with Crippen LogP contribution in [-0.4, -0.2) is 99.4 Å². The van der Waals surface area contributed by atoms with Crippen molar-refractivity contribution in [3.63, 3.8) is 0 Å². The summed E-state index contributed by atoms with van der Waals surface area (Å²) in [6.07, 6.45) is 73.1. The lowest BCUT2D eigenvalue weighted by Gasteiger charge is -2.08. The summed E-state index contributed by atoms with van der Waals surface area (Å²) in [5, 5.41) is 0. The van der Waals surface area contributed by atoms with E-state index < -0.39 is 0 Å². The molecule has 18 nitrogen and oxygen atoms in total. The average Bonchev–Trinajstić information content (AvgIpc) is 0.842. The van der Waals surface area contributed by atoms with Gasteiger partial charge in [-0.1, -0.05) is 388 Å². The first-order valence-electron chi connectivity index (χ1n) is 44.8. The van der Waals surface area contributed by atoms with Gasteiger partial charge in [-0.05, 0) is 74.0 Å². The zero-order valence-corrected chi connectivity index (χ0v) is 69.5. The van der Waals surface area contributed by atoms with Crippen LogP contribution in [0.5, 0.6) is 36.1 Å². The van der Waals surface area contributed by atoms with Crippen LogP contribution in [0.2, 0.25) is 0 Å². The topological polar surface area (TPSA) is 210 Å². The minimum absolute atomic E-state index is 0.0630. The maximum absolute atomic E-state index is 6.21. The molecule has 4 rings (SSSR count). The second-order valence-electron chi connectivity index (χ2n) is 29.9. The van der Waals surface area contributed by atoms with Crippen LogP contribution in [0.3, 0.4) is 0 Å². The van der Waals surface area contributed by atoms with Crippen molar-refractivity contribution in [2.75, 3.05) is 39.6 Å². The van der Waals surface area contributed by atoms with E-state index in [1.54, 1.807) is 0 Å². The number of hydrogen-bond donors (Lipinski definition) is 0. The van der Waals surface area contributed by atoms with Crippen LogP contribution in [0.1, 0.15) is 462 Å². The number of nitrogens with zero attached hydrogens (tertiary/aromatic N) is 12. The summed E-state index contributed by atoms with van der Waals surface area (Å²) in [5.41, 5.74) is 0. The van der Waals surface area contributed by atoms with E-state index in [9.17, 15) is 0 Å². The summed E-state index contributed by atoms with van der Waals surface area (Å²) in [5.74, 6) is 19.2. The number of hydrogen-bond acceptors (Lipinski definition) is 18. The standard InChI is InChI=1S/C90H150N12O6/c1-7-13-19-25-31-37-43-49-55-61-73-103-85-94-82(95-86(100-85)104-74-62-56-50-44-38-32-26-20-14-8-2)70-67-79-91-80(68-71-83-96-87(105-75-63-57-51-45-39-33-27-21-15-9-3)101-88(97-83)106-76-64-58-52-46-40-34-28-22-16-10-4)93-81(92-79)69-72-84-98-89(107-77-65-59-53-47-41-35-29-23-17-11-5)102-90(99-84)108-78-66-60-54-48-42-36-30-24-18-12-6/h7-66,73-78H2,1-6H3. The Balaban J connectivity index is 1.69. The number of rotatable bonds is 72. The van der Waals surface area contributed by atoms with Crippen molar-refractivity contribution in [1.82, 2.24) is 59.8 Å². The Kier molecular flexibility index (Phi) is 60.6. The van der Waals surface area contributed by atoms with Crippen LogP contribution in [0.25, 0.3) is 0 Å². The van der Waals surface area contributed by atoms with Crippen LogP contribution < -0.4 is 28.4 Å². The van der Waals surface area contributed by atoms with Crippen molar-refractivity contribution in [3.05, 3.63) is 34.9 Å². The van der Waals surface area contributed by atoms with Crippen LogP contribution in [0.15, 0.2) is 0 Å². The zero-order chi connectivity index (χ0) is 76.6. The molecule has 0 aliphatic carbocycles. The fourth-order valence-corrected chi connectivity index (χ4v) is 13.0. The number of aromatic nitrogens is 12. The Bertz CT molecular complexity index is 2540. The highest BCUT2D eigenvalue weighted by atomic mass is 16.5. The molecule has 0 saturated carbocycles. The molecule has 4 aromatic heterocycles. The molecule has 0 fully saturated rings. The Labute approximate surface area is 657 Å². The quantitative estimate of drug-likeness (QED) is 0.0297. The molecular formula is C90H150N12O6. The average molecular weight is 1500 g/mol. The fraction of sp³-hybridized carbons (Fsp3) is 0.800. The summed E-state index contributed by atoms with van der Waals surface area (Å²) in [4.78, 5) is 56.1. The van der Waals surface area contributed by atoms with Crippen molar-refractivity contribution >= 4 is 0 Å². The molecule has 4 aromatic rings. The van der Waals surface area contributed by atoms with E-state index in [-0.39, 0.29) is 71.0 Å². The summed E-state index contributed by atoms with van der Waals surface area (Å²) in [6.45, 7) is 16.4. The number of ether oxygens (including phenoxy) is 6. The van der Waals surface area contributed by atoms with Gasteiger partial charge in [-0.25, -0.2) is 0 Å². The molecule has 0 aliphatic rings. The van der Waals surface area contributed by atoms with Gasteiger partial charge in [-0.3, -0.25) is 0 Å². The highest BCUT2D eigenvalue weighted by Gasteiger charge is 2.14. The highest BCUT2D eigenvalue weighted by Crippen LogP contribution is 2.21. The van der Waals surface area contributed by atoms with Crippen molar-refractivity contribution < 1.29 is 28.4 Å². The summed E-state index contributed by atoms with van der Waals surface area (Å²) < 4.78 is 37.3. The SMILES string of the molecule is CCCCCCCCCCCCOc1nc(C#Cc2nc(C#Cc3nc(OCCCCCCCCCCCC)nc(OCCCCCCCCCCCC)n3)nc(C#Cc3nc(OCCCCCCCCCCCC)nc(OCCCCCCCCCCCC)n3)n2)nc(OCCCCCCCCCCCC)n1. The lowest BCUT2D eigenvalue weighted by Crippen LogP contribution is -2.08. The fourth-order valence-electron chi connectivity index (χ4n) is 13.0. The van der Waals surface area contributed by atoms with Crippen LogP contribution in [0, 0.1) is 35.5 Å². The van der Waals surface area contributed by atoms with E-state index in [0.717, 1.165) is 77.0 Å². The van der Waals surface area contributed by atoms with Gasteiger partial charge in [0.15, 0.2) is 0 Å². The summed E-state index contributed by atoms with van der Waals surface area (Å²) in [6, 6.07) is 0.940. The molecule has 108 heavy (non-hydrogen) atoms. The molecule has 0 unspecified atom stereocenters. The Morgan fingerprint density at radius 2 is 0.250 bits per heavy atom. The van der Waals surface area contributed by atoms with Crippen molar-refractivity contribution in [2.45, 2.75) is 427 Å². The maximum Gasteiger partial charge on any atom is 0.323 e. The second kappa shape index (κ2) is 69.7. The molecule has 0 aromatic carbocycles. The van der Waals surface area contributed by atoms with Gasteiger partial charge in [-0.15, -0.1) is 15.0 Å². The van der Waals surface area contributed by atoms with Crippen LogP contribution in [0.4, 0.5) is 0 Å². The molecule has 606 valence electrons. The molecule has 0 amide bonds. The van der Waals surface area contributed by atoms with E-state index in [1.165, 1.54) is 308 Å². The molecule has 0 aliphatic heterocycles. The van der Waals surface area contributed by atoms with Gasteiger partial charge in [0.25, 0.3) is 0 Å². The minimum atomic E-state index is 0.0630. The molecule has 0 N–H and O–H groups in total. The van der Waals surface area contributed by atoms with Gasteiger partial charge in [0, 0.05) is 0 Å². The van der Waals surface area contributed by atoms with E-state index in [1.807, 2.05) is 0 Å². The second-order valence-corrected chi connectivity index (χ2v) is 29.9. The smallest absolute Gasteiger partial charge is 0.323 e. The molecule has 0 radical (unpaired) electrons. The molecule has 0 spiro atoms. The Morgan fingerprint density at radius 1 is 0.139 bits per heavy atom. The Hall–Kier alpha value is -6.48. The predicted octanol–water partition coefficient (Wildman–Crippen LogP) is 24.4. The van der Waals surface area contributed by atoms with E-state index in [2.05, 4.69) is 122 Å². The maximum atomic E-state index is 6.21. The molecular weight excluding hydrogens is 1350 g/mol.